The van der Waals surface area contributed by atoms with Gasteiger partial charge in [0.1, 0.15) is 5.82 Å². The topological polar surface area (TPSA) is 22.2 Å². The Morgan fingerprint density at radius 1 is 0.962 bits per heavy atom. The van der Waals surface area contributed by atoms with Crippen LogP contribution in [0.25, 0.3) is 33.2 Å². The lowest BCUT2D eigenvalue weighted by atomic mass is 10.1. The number of aromatic nitrogens is 3. The van der Waals surface area contributed by atoms with E-state index in [4.69, 9.17) is 0 Å². The number of benzene rings is 2. The van der Waals surface area contributed by atoms with Crippen molar-refractivity contribution in [2.24, 2.45) is 0 Å². The van der Waals surface area contributed by atoms with Gasteiger partial charge in [0.25, 0.3) is 0 Å². The van der Waals surface area contributed by atoms with Crippen LogP contribution in [-0.4, -0.2) is 14.0 Å². The van der Waals surface area contributed by atoms with Gasteiger partial charge >= 0.3 is 0 Å². The summed E-state index contributed by atoms with van der Waals surface area (Å²) in [6.07, 6.45) is 7.64. The minimum Gasteiger partial charge on any atom is -0.316 e. The maximum absolute atomic E-state index is 14.1. The van der Waals surface area contributed by atoms with Gasteiger partial charge in [0.2, 0.25) is 0 Å². The molecule has 0 unspecified atom stereocenters. The minimum absolute atomic E-state index is 0.189. The van der Waals surface area contributed by atoms with E-state index in [9.17, 15) is 4.39 Å². The highest BCUT2D eigenvalue weighted by Crippen LogP contribution is 2.28. The molecule has 0 spiro atoms. The Labute approximate surface area is 150 Å². The van der Waals surface area contributed by atoms with E-state index in [0.29, 0.717) is 5.39 Å². The number of halogens is 1. The molecule has 0 saturated carbocycles. The molecule has 4 heteroatoms. The van der Waals surface area contributed by atoms with E-state index in [-0.39, 0.29) is 5.82 Å². The highest BCUT2D eigenvalue weighted by molar-refractivity contribution is 5.86. The van der Waals surface area contributed by atoms with Gasteiger partial charge in [-0.15, -0.1) is 0 Å². The summed E-state index contributed by atoms with van der Waals surface area (Å²) in [5, 5.41) is 0.648. The normalized spacial score (nSPS) is 11.5. The van der Waals surface area contributed by atoms with Crippen LogP contribution in [0.1, 0.15) is 5.56 Å². The van der Waals surface area contributed by atoms with Crippen LogP contribution in [0, 0.1) is 12.7 Å². The van der Waals surface area contributed by atoms with Crippen molar-refractivity contribution in [1.29, 1.82) is 0 Å². The first kappa shape index (κ1) is 14.9. The molecule has 0 bridgehead atoms. The molecule has 3 heterocycles. The summed E-state index contributed by atoms with van der Waals surface area (Å²) >= 11 is 0. The van der Waals surface area contributed by atoms with E-state index in [0.717, 1.165) is 33.4 Å². The Morgan fingerprint density at radius 3 is 2.81 bits per heavy atom. The first-order chi connectivity index (χ1) is 12.7. The van der Waals surface area contributed by atoms with E-state index in [1.165, 1.54) is 6.07 Å². The summed E-state index contributed by atoms with van der Waals surface area (Å²) in [6, 6.07) is 17.6. The molecule has 0 aliphatic rings. The third kappa shape index (κ3) is 2.23. The summed E-state index contributed by atoms with van der Waals surface area (Å²) in [5.41, 5.74) is 6.25. The zero-order valence-electron chi connectivity index (χ0n) is 14.2. The Bertz CT molecular complexity index is 1260. The van der Waals surface area contributed by atoms with Crippen LogP contribution in [0.4, 0.5) is 4.39 Å². The maximum Gasteiger partial charge on any atom is 0.132 e. The van der Waals surface area contributed by atoms with Crippen molar-refractivity contribution in [3.63, 3.8) is 0 Å². The molecule has 3 nitrogen and oxygen atoms in total. The number of rotatable bonds is 2. The second-order valence-electron chi connectivity index (χ2n) is 6.51. The highest BCUT2D eigenvalue weighted by atomic mass is 19.1. The zero-order valence-corrected chi connectivity index (χ0v) is 14.2. The first-order valence-electron chi connectivity index (χ1n) is 8.49. The number of aryl methyl sites for hydroxylation is 1. The molecule has 2 aromatic carbocycles. The second kappa shape index (κ2) is 5.56. The average molecular weight is 341 g/mol. The maximum atomic E-state index is 14.1. The van der Waals surface area contributed by atoms with Crippen LogP contribution in [0.5, 0.6) is 0 Å². The molecular weight excluding hydrogens is 325 g/mol. The molecule has 0 radical (unpaired) electrons. The second-order valence-corrected chi connectivity index (χ2v) is 6.51. The third-order valence-electron chi connectivity index (χ3n) is 4.86. The molecule has 0 atom stereocenters. The van der Waals surface area contributed by atoms with Crippen molar-refractivity contribution < 1.29 is 4.39 Å². The zero-order chi connectivity index (χ0) is 17.7. The number of pyridine rings is 1. The van der Waals surface area contributed by atoms with Gasteiger partial charge in [0.05, 0.1) is 23.6 Å². The molecule has 0 N–H and O–H groups in total. The van der Waals surface area contributed by atoms with Crippen LogP contribution < -0.4 is 0 Å². The summed E-state index contributed by atoms with van der Waals surface area (Å²) < 4.78 is 18.2. The van der Waals surface area contributed by atoms with Gasteiger partial charge in [-0.2, -0.15) is 0 Å². The Hall–Kier alpha value is -3.40. The fourth-order valence-corrected chi connectivity index (χ4v) is 3.54. The monoisotopic (exact) mass is 341 g/mol. The summed E-state index contributed by atoms with van der Waals surface area (Å²) in [7, 11) is 0. The van der Waals surface area contributed by atoms with E-state index >= 15 is 0 Å². The lowest BCUT2D eigenvalue weighted by molar-refractivity contribution is 0.639. The van der Waals surface area contributed by atoms with Gasteiger partial charge in [-0.25, -0.2) is 9.37 Å². The van der Waals surface area contributed by atoms with Gasteiger partial charge in [0.15, 0.2) is 0 Å². The average Bonchev–Trinajstić information content (AvgIpc) is 3.31. The highest BCUT2D eigenvalue weighted by Gasteiger charge is 2.10. The van der Waals surface area contributed by atoms with Crippen molar-refractivity contribution in [2.45, 2.75) is 6.92 Å². The molecular formula is C22H16FN3. The Balaban J connectivity index is 1.68. The van der Waals surface area contributed by atoms with Crippen molar-refractivity contribution in [1.82, 2.24) is 14.0 Å². The smallest absolute Gasteiger partial charge is 0.132 e. The molecule has 0 aliphatic carbocycles. The first-order valence-corrected chi connectivity index (χ1v) is 8.49. The van der Waals surface area contributed by atoms with Gasteiger partial charge in [0, 0.05) is 23.5 Å². The molecule has 0 aliphatic heterocycles. The van der Waals surface area contributed by atoms with Crippen molar-refractivity contribution in [3.05, 3.63) is 90.9 Å². The number of imidazole rings is 1. The van der Waals surface area contributed by atoms with E-state index in [1.54, 1.807) is 6.33 Å². The predicted octanol–water partition coefficient (Wildman–Crippen LogP) is 5.39. The molecule has 0 amide bonds. The van der Waals surface area contributed by atoms with Gasteiger partial charge < -0.3 is 8.97 Å². The summed E-state index contributed by atoms with van der Waals surface area (Å²) in [5.74, 6) is -0.189. The lowest BCUT2D eigenvalue weighted by Gasteiger charge is -2.10. The third-order valence-corrected chi connectivity index (χ3v) is 4.86. The van der Waals surface area contributed by atoms with Crippen LogP contribution in [0.3, 0.4) is 0 Å². The van der Waals surface area contributed by atoms with Crippen LogP contribution in [0.15, 0.2) is 79.5 Å². The summed E-state index contributed by atoms with van der Waals surface area (Å²) in [4.78, 5) is 4.17. The SMILES string of the molecule is Cc1ccc(F)c2ccn(-c3cccc(-c4ccc5cncn5c4)c3)c12. The number of fused-ring (bicyclic) bond motifs is 2. The standard InChI is InChI=1S/C22H16FN3/c1-15-5-8-21(23)20-9-10-26(22(15)20)18-4-2-3-16(11-18)17-6-7-19-12-24-14-25(19)13-17/h2-14H,1H3. The number of nitrogens with zero attached hydrogens (tertiary/aromatic N) is 3. The van der Waals surface area contributed by atoms with E-state index < -0.39 is 0 Å². The quantitative estimate of drug-likeness (QED) is 0.422. The van der Waals surface area contributed by atoms with E-state index in [1.807, 2.05) is 52.6 Å². The van der Waals surface area contributed by atoms with Crippen LogP contribution in [0.2, 0.25) is 0 Å². The number of hydrogen-bond donors (Lipinski definition) is 0. The van der Waals surface area contributed by atoms with Gasteiger partial charge in [-0.3, -0.25) is 0 Å². The molecule has 0 saturated heterocycles. The molecule has 126 valence electrons. The van der Waals surface area contributed by atoms with Crippen molar-refractivity contribution >= 4 is 16.4 Å². The Kier molecular flexibility index (Phi) is 3.19. The van der Waals surface area contributed by atoms with Crippen molar-refractivity contribution in [2.75, 3.05) is 0 Å². The van der Waals surface area contributed by atoms with E-state index in [2.05, 4.69) is 35.4 Å². The van der Waals surface area contributed by atoms with Crippen molar-refractivity contribution in [3.8, 4) is 16.8 Å². The fraction of sp³-hybridized carbons (Fsp3) is 0.0455. The van der Waals surface area contributed by atoms with Gasteiger partial charge in [-0.05, 0) is 53.9 Å². The molecule has 26 heavy (non-hydrogen) atoms. The largest absolute Gasteiger partial charge is 0.316 e. The van der Waals surface area contributed by atoms with Gasteiger partial charge in [-0.1, -0.05) is 24.3 Å². The minimum atomic E-state index is -0.189. The molecule has 5 aromatic rings. The molecule has 0 fully saturated rings. The predicted molar refractivity (Wildman–Crippen MR) is 102 cm³/mol. The van der Waals surface area contributed by atoms with Crippen LogP contribution in [-0.2, 0) is 0 Å². The lowest BCUT2D eigenvalue weighted by Crippen LogP contribution is -1.95. The Morgan fingerprint density at radius 2 is 1.88 bits per heavy atom. The number of hydrogen-bond acceptors (Lipinski definition) is 1. The van der Waals surface area contributed by atoms with Crippen LogP contribution >= 0.6 is 0 Å². The fourth-order valence-electron chi connectivity index (χ4n) is 3.54. The molecule has 5 rings (SSSR count). The molecule has 3 aromatic heterocycles. The summed E-state index contributed by atoms with van der Waals surface area (Å²) in [6.45, 7) is 2.01.